The predicted octanol–water partition coefficient (Wildman–Crippen LogP) is -1.33. The van der Waals surface area contributed by atoms with E-state index in [4.69, 9.17) is 19.3 Å². The van der Waals surface area contributed by atoms with E-state index < -0.39 is 36.7 Å². The van der Waals surface area contributed by atoms with Crippen molar-refractivity contribution >= 4 is 5.97 Å². The molecule has 0 amide bonds. The number of hydrogen-bond donors (Lipinski definition) is 5. The van der Waals surface area contributed by atoms with Gasteiger partial charge in [0.05, 0.1) is 7.11 Å². The van der Waals surface area contributed by atoms with Crippen molar-refractivity contribution in [2.75, 3.05) is 7.11 Å². The topological polar surface area (TPSA) is 146 Å². The molecule has 1 aliphatic rings. The number of carboxylic acid groups (broad SMARTS) is 1. The van der Waals surface area contributed by atoms with Crippen LogP contribution in [0.3, 0.4) is 0 Å². The van der Waals surface area contributed by atoms with Gasteiger partial charge in [-0.1, -0.05) is 6.07 Å². The Hall–Kier alpha value is -2.07. The number of hydrogen-bond acceptors (Lipinski definition) is 8. The van der Waals surface area contributed by atoms with Gasteiger partial charge < -0.3 is 39.7 Å². The number of carbonyl (C=O) groups is 1. The Morgan fingerprint density at radius 2 is 1.86 bits per heavy atom. The van der Waals surface area contributed by atoms with E-state index in [9.17, 15) is 25.2 Å². The number of phenolic OH excluding ortho intramolecular Hbond substituents is 1. The Morgan fingerprint density at radius 3 is 2.45 bits per heavy atom. The predicted molar refractivity (Wildman–Crippen MR) is 69.6 cm³/mol. The number of aliphatic hydroxyl groups excluding tert-OH is 3. The molecule has 1 heterocycles. The molecule has 5 atom stereocenters. The average molecular weight is 316 g/mol. The lowest BCUT2D eigenvalue weighted by Crippen LogP contribution is -2.61. The number of rotatable bonds is 4. The van der Waals surface area contributed by atoms with Crippen LogP contribution in [0.1, 0.15) is 0 Å². The number of para-hydroxylation sites is 1. The number of ether oxygens (including phenoxy) is 3. The highest BCUT2D eigenvalue weighted by atomic mass is 16.7. The Balaban J connectivity index is 2.25. The molecule has 0 aliphatic carbocycles. The van der Waals surface area contributed by atoms with E-state index in [-0.39, 0.29) is 17.2 Å². The van der Waals surface area contributed by atoms with Gasteiger partial charge in [-0.3, -0.25) is 0 Å². The number of aliphatic hydroxyl groups is 3. The van der Waals surface area contributed by atoms with Crippen LogP contribution in [0.2, 0.25) is 0 Å². The Morgan fingerprint density at radius 1 is 1.18 bits per heavy atom. The van der Waals surface area contributed by atoms with E-state index in [0.717, 1.165) is 0 Å². The van der Waals surface area contributed by atoms with Gasteiger partial charge in [0.25, 0.3) is 0 Å². The first-order valence-electron chi connectivity index (χ1n) is 6.32. The van der Waals surface area contributed by atoms with Gasteiger partial charge in [-0.15, -0.1) is 0 Å². The molecule has 0 aromatic heterocycles. The minimum Gasteiger partial charge on any atom is -0.504 e. The normalized spacial score (nSPS) is 31.5. The third-order valence-corrected chi connectivity index (χ3v) is 3.22. The lowest BCUT2D eigenvalue weighted by Gasteiger charge is -2.38. The van der Waals surface area contributed by atoms with Crippen LogP contribution >= 0.6 is 0 Å². The first-order valence-corrected chi connectivity index (χ1v) is 6.32. The maximum Gasteiger partial charge on any atom is 0.335 e. The second kappa shape index (κ2) is 6.36. The zero-order valence-corrected chi connectivity index (χ0v) is 11.5. The van der Waals surface area contributed by atoms with Gasteiger partial charge in [0.1, 0.15) is 18.3 Å². The Kier molecular flexibility index (Phi) is 4.71. The highest BCUT2D eigenvalue weighted by Gasteiger charge is 2.48. The minimum atomic E-state index is -1.81. The average Bonchev–Trinajstić information content (AvgIpc) is 2.47. The number of aromatic hydroxyl groups is 1. The van der Waals surface area contributed by atoms with Crippen LogP contribution in [0.5, 0.6) is 17.2 Å². The number of phenols is 1. The third-order valence-electron chi connectivity index (χ3n) is 3.22. The Labute approximate surface area is 124 Å². The molecule has 2 rings (SSSR count). The SMILES string of the molecule is COc1c(O)cccc1OC1OC(C(=O)O)C(O)C(O)C1O. The summed E-state index contributed by atoms with van der Waals surface area (Å²) in [5, 5.41) is 47.7. The molecule has 9 nitrogen and oxygen atoms in total. The van der Waals surface area contributed by atoms with Crippen LogP contribution in [0, 0.1) is 0 Å². The standard InChI is InChI=1S/C13H16O9/c1-20-10-5(14)3-2-4-6(10)21-13-9(17)7(15)8(16)11(22-13)12(18)19/h2-4,7-9,11,13-17H,1H3,(H,18,19). The summed E-state index contributed by atoms with van der Waals surface area (Å²) >= 11 is 0. The summed E-state index contributed by atoms with van der Waals surface area (Å²) < 4.78 is 15.2. The van der Waals surface area contributed by atoms with Crippen molar-refractivity contribution in [3.63, 3.8) is 0 Å². The number of benzene rings is 1. The number of aliphatic carboxylic acids is 1. The molecule has 122 valence electrons. The summed E-state index contributed by atoms with van der Waals surface area (Å²) in [4.78, 5) is 11.0. The third kappa shape index (κ3) is 2.92. The fourth-order valence-electron chi connectivity index (χ4n) is 2.08. The molecule has 0 radical (unpaired) electrons. The first-order chi connectivity index (χ1) is 10.4. The van der Waals surface area contributed by atoms with Gasteiger partial charge in [-0.2, -0.15) is 0 Å². The van der Waals surface area contributed by atoms with E-state index in [1.165, 1.54) is 25.3 Å². The quantitative estimate of drug-likeness (QED) is 0.456. The molecular weight excluding hydrogens is 300 g/mol. The molecule has 5 N–H and O–H groups in total. The van der Waals surface area contributed by atoms with Crippen molar-refractivity contribution in [2.24, 2.45) is 0 Å². The van der Waals surface area contributed by atoms with Crippen LogP contribution in [0.15, 0.2) is 18.2 Å². The van der Waals surface area contributed by atoms with Gasteiger partial charge in [-0.05, 0) is 12.1 Å². The molecule has 0 saturated carbocycles. The van der Waals surface area contributed by atoms with Gasteiger partial charge in [0, 0.05) is 0 Å². The summed E-state index contributed by atoms with van der Waals surface area (Å²) in [6.45, 7) is 0. The van der Waals surface area contributed by atoms with E-state index in [1.807, 2.05) is 0 Å². The fraction of sp³-hybridized carbons (Fsp3) is 0.462. The molecule has 22 heavy (non-hydrogen) atoms. The summed E-state index contributed by atoms with van der Waals surface area (Å²) in [5.41, 5.74) is 0. The molecular formula is C13H16O9. The molecule has 1 saturated heterocycles. The summed E-state index contributed by atoms with van der Waals surface area (Å²) in [7, 11) is 1.28. The van der Waals surface area contributed by atoms with Crippen molar-refractivity contribution in [1.82, 2.24) is 0 Å². The maximum atomic E-state index is 11.0. The first kappa shape index (κ1) is 16.3. The highest BCUT2D eigenvalue weighted by Crippen LogP contribution is 2.37. The van der Waals surface area contributed by atoms with E-state index >= 15 is 0 Å². The fourth-order valence-corrected chi connectivity index (χ4v) is 2.08. The summed E-state index contributed by atoms with van der Waals surface area (Å²) in [6.07, 6.45) is -8.62. The smallest absolute Gasteiger partial charge is 0.335 e. The van der Waals surface area contributed by atoms with Crippen LogP contribution in [-0.2, 0) is 9.53 Å². The second-order valence-corrected chi connectivity index (χ2v) is 4.66. The van der Waals surface area contributed by atoms with Crippen molar-refractivity contribution in [3.8, 4) is 17.2 Å². The molecule has 1 fully saturated rings. The minimum absolute atomic E-state index is 0.0284. The van der Waals surface area contributed by atoms with Gasteiger partial charge in [0.15, 0.2) is 17.6 Å². The second-order valence-electron chi connectivity index (χ2n) is 4.66. The number of methoxy groups -OCH3 is 1. The molecule has 1 aromatic rings. The van der Waals surface area contributed by atoms with Crippen molar-refractivity contribution < 1.29 is 44.5 Å². The number of carboxylic acids is 1. The zero-order chi connectivity index (χ0) is 16.4. The zero-order valence-electron chi connectivity index (χ0n) is 11.5. The molecule has 0 spiro atoms. The molecule has 9 heteroatoms. The highest BCUT2D eigenvalue weighted by molar-refractivity contribution is 5.73. The lowest BCUT2D eigenvalue weighted by molar-refractivity contribution is -0.271. The van der Waals surface area contributed by atoms with Crippen molar-refractivity contribution in [3.05, 3.63) is 18.2 Å². The van der Waals surface area contributed by atoms with Gasteiger partial charge in [-0.25, -0.2) is 4.79 Å². The largest absolute Gasteiger partial charge is 0.504 e. The summed E-state index contributed by atoms with van der Waals surface area (Å²) in [5.74, 6) is -1.83. The van der Waals surface area contributed by atoms with Crippen LogP contribution in [0.4, 0.5) is 0 Å². The van der Waals surface area contributed by atoms with Gasteiger partial charge >= 0.3 is 5.97 Å². The van der Waals surface area contributed by atoms with E-state index in [2.05, 4.69) is 0 Å². The van der Waals surface area contributed by atoms with E-state index in [0.29, 0.717) is 0 Å². The molecule has 0 bridgehead atoms. The molecule has 1 aromatic carbocycles. The Bertz CT molecular complexity index is 546. The lowest BCUT2D eigenvalue weighted by atomic mass is 9.99. The summed E-state index contributed by atoms with van der Waals surface area (Å²) in [6, 6.07) is 4.16. The molecule has 1 aliphatic heterocycles. The maximum absolute atomic E-state index is 11.0. The van der Waals surface area contributed by atoms with Crippen LogP contribution < -0.4 is 9.47 Å². The van der Waals surface area contributed by atoms with E-state index in [1.54, 1.807) is 0 Å². The molecule has 5 unspecified atom stereocenters. The van der Waals surface area contributed by atoms with Crippen molar-refractivity contribution in [1.29, 1.82) is 0 Å². The van der Waals surface area contributed by atoms with Crippen LogP contribution in [0.25, 0.3) is 0 Å². The van der Waals surface area contributed by atoms with Crippen LogP contribution in [-0.4, -0.2) is 69.3 Å². The monoisotopic (exact) mass is 316 g/mol. The van der Waals surface area contributed by atoms with Gasteiger partial charge in [0.2, 0.25) is 12.0 Å². The van der Waals surface area contributed by atoms with Crippen molar-refractivity contribution in [2.45, 2.75) is 30.7 Å².